The molecule has 5 heteroatoms. The Labute approximate surface area is 137 Å². The number of hydrogen-bond acceptors (Lipinski definition) is 4. The van der Waals surface area contributed by atoms with Crippen molar-refractivity contribution in [3.63, 3.8) is 0 Å². The lowest BCUT2D eigenvalue weighted by Crippen LogP contribution is -2.22. The van der Waals surface area contributed by atoms with Gasteiger partial charge in [0.05, 0.1) is 6.20 Å². The molecule has 0 aliphatic heterocycles. The maximum absolute atomic E-state index is 6.06. The Balaban J connectivity index is 1.72. The van der Waals surface area contributed by atoms with E-state index in [2.05, 4.69) is 37.3 Å². The first-order valence-electron chi connectivity index (χ1n) is 8.84. The predicted molar refractivity (Wildman–Crippen MR) is 92.7 cm³/mol. The number of nitrogens with zero attached hydrogens (tertiary/aromatic N) is 3. The first-order valence-corrected chi connectivity index (χ1v) is 8.84. The van der Waals surface area contributed by atoms with Gasteiger partial charge in [0.1, 0.15) is 5.82 Å². The number of aryl methyl sites for hydroxylation is 1. The van der Waals surface area contributed by atoms with Gasteiger partial charge >= 0.3 is 0 Å². The molecule has 0 radical (unpaired) electrons. The Kier molecular flexibility index (Phi) is 3.38. The molecule has 3 atom stereocenters. The van der Waals surface area contributed by atoms with E-state index in [1.165, 1.54) is 18.5 Å². The van der Waals surface area contributed by atoms with Crippen LogP contribution in [-0.2, 0) is 0 Å². The monoisotopic (exact) mass is 313 g/mol. The molecule has 0 spiro atoms. The summed E-state index contributed by atoms with van der Waals surface area (Å²) < 4.78 is 1.95. The fraction of sp³-hybridized carbons (Fsp3) is 0.667. The first-order chi connectivity index (χ1) is 11.0. The Bertz CT molecular complexity index is 730. The van der Waals surface area contributed by atoms with Gasteiger partial charge in [0.25, 0.3) is 0 Å². The fourth-order valence-electron chi connectivity index (χ4n) is 3.76. The fourth-order valence-corrected chi connectivity index (χ4v) is 3.76. The summed E-state index contributed by atoms with van der Waals surface area (Å²) >= 11 is 0. The molecule has 5 nitrogen and oxygen atoms in total. The third-order valence-electron chi connectivity index (χ3n) is 6.02. The lowest BCUT2D eigenvalue weighted by atomic mass is 9.89. The quantitative estimate of drug-likeness (QED) is 0.909. The van der Waals surface area contributed by atoms with Crippen molar-refractivity contribution >= 4 is 11.5 Å². The van der Waals surface area contributed by atoms with Gasteiger partial charge in [-0.25, -0.2) is 4.98 Å². The van der Waals surface area contributed by atoms with Crippen LogP contribution in [0, 0.1) is 12.3 Å². The van der Waals surface area contributed by atoms with Gasteiger partial charge in [-0.2, -0.15) is 9.61 Å². The summed E-state index contributed by atoms with van der Waals surface area (Å²) in [6, 6.07) is 2.98. The van der Waals surface area contributed by atoms with E-state index in [1.807, 2.05) is 10.7 Å². The van der Waals surface area contributed by atoms with Gasteiger partial charge in [0.2, 0.25) is 0 Å². The van der Waals surface area contributed by atoms with E-state index in [-0.39, 0.29) is 0 Å². The number of fused-ring (bicyclic) bond motifs is 1. The van der Waals surface area contributed by atoms with Crippen molar-refractivity contribution in [2.24, 2.45) is 11.1 Å². The minimum atomic E-state index is 0.327. The molecule has 0 amide bonds. The summed E-state index contributed by atoms with van der Waals surface area (Å²) in [7, 11) is 0. The Morgan fingerprint density at radius 1 is 1.39 bits per heavy atom. The van der Waals surface area contributed by atoms with E-state index in [0.29, 0.717) is 23.4 Å². The molecule has 2 aromatic heterocycles. The first kappa shape index (κ1) is 14.9. The van der Waals surface area contributed by atoms with Crippen LogP contribution in [0.15, 0.2) is 12.3 Å². The van der Waals surface area contributed by atoms with E-state index in [0.717, 1.165) is 36.3 Å². The largest absolute Gasteiger partial charge is 0.367 e. The molecule has 2 heterocycles. The highest BCUT2D eigenvalue weighted by atomic mass is 15.3. The number of nitrogens with one attached hydrogen (secondary N) is 1. The molecule has 0 saturated heterocycles. The van der Waals surface area contributed by atoms with Crippen LogP contribution in [0.5, 0.6) is 0 Å². The number of rotatable bonds is 4. The highest BCUT2D eigenvalue weighted by Gasteiger charge is 2.43. The van der Waals surface area contributed by atoms with E-state index in [9.17, 15) is 0 Å². The smallest absolute Gasteiger partial charge is 0.160 e. The van der Waals surface area contributed by atoms with Gasteiger partial charge in [-0.15, -0.1) is 0 Å². The van der Waals surface area contributed by atoms with Crippen molar-refractivity contribution in [3.8, 4) is 0 Å². The van der Waals surface area contributed by atoms with Gasteiger partial charge in [-0.1, -0.05) is 13.8 Å². The van der Waals surface area contributed by atoms with Crippen LogP contribution in [0.2, 0.25) is 0 Å². The number of nitrogens with two attached hydrogens (primary N) is 1. The summed E-state index contributed by atoms with van der Waals surface area (Å²) in [5.41, 5.74) is 9.78. The van der Waals surface area contributed by atoms with Crippen molar-refractivity contribution in [2.45, 2.75) is 70.9 Å². The molecule has 4 rings (SSSR count). The average molecular weight is 313 g/mol. The molecule has 0 aromatic carbocycles. The van der Waals surface area contributed by atoms with Crippen LogP contribution < -0.4 is 11.1 Å². The number of anilines is 1. The standard InChI is InChI=1S/C18H27N5/c1-11-10-20-23-16(21-14-5-4-13(19)8-14)9-15(22-17(11)23)12(2)18(3)6-7-18/h9-10,12-14,21H,4-8,19H2,1-3H3/t12?,13-,14-/m0/s1. The van der Waals surface area contributed by atoms with Crippen molar-refractivity contribution in [3.05, 3.63) is 23.5 Å². The molecular weight excluding hydrogens is 286 g/mol. The van der Waals surface area contributed by atoms with E-state index >= 15 is 0 Å². The number of hydrogen-bond donors (Lipinski definition) is 2. The molecule has 1 unspecified atom stereocenters. The van der Waals surface area contributed by atoms with Crippen LogP contribution in [0.25, 0.3) is 5.65 Å². The Morgan fingerprint density at radius 2 is 2.17 bits per heavy atom. The lowest BCUT2D eigenvalue weighted by Gasteiger charge is -2.21. The molecular formula is C18H27N5. The molecule has 0 bridgehead atoms. The van der Waals surface area contributed by atoms with Gasteiger partial charge in [-0.3, -0.25) is 0 Å². The van der Waals surface area contributed by atoms with E-state index in [4.69, 9.17) is 10.7 Å². The molecule has 2 aromatic rings. The zero-order chi connectivity index (χ0) is 16.2. The molecule has 2 fully saturated rings. The van der Waals surface area contributed by atoms with Crippen LogP contribution in [-0.4, -0.2) is 26.7 Å². The Hall–Kier alpha value is -1.62. The summed E-state index contributed by atoms with van der Waals surface area (Å²) in [5, 5.41) is 8.19. The number of aromatic nitrogens is 3. The molecule has 2 aliphatic rings. The highest BCUT2D eigenvalue weighted by Crippen LogP contribution is 2.55. The van der Waals surface area contributed by atoms with Crippen molar-refractivity contribution < 1.29 is 0 Å². The van der Waals surface area contributed by atoms with Crippen LogP contribution >= 0.6 is 0 Å². The van der Waals surface area contributed by atoms with Crippen LogP contribution in [0.4, 0.5) is 5.82 Å². The molecule has 23 heavy (non-hydrogen) atoms. The van der Waals surface area contributed by atoms with E-state index < -0.39 is 0 Å². The minimum Gasteiger partial charge on any atom is -0.367 e. The lowest BCUT2D eigenvalue weighted by molar-refractivity contribution is 0.460. The SMILES string of the molecule is Cc1cnn2c(N[C@H]3CC[C@H](N)C3)cc(C(C)C3(C)CC3)nc12. The predicted octanol–water partition coefficient (Wildman–Crippen LogP) is 3.23. The van der Waals surface area contributed by atoms with Gasteiger partial charge < -0.3 is 11.1 Å². The second kappa shape index (κ2) is 5.20. The maximum atomic E-state index is 6.06. The second-order valence-electron chi connectivity index (χ2n) is 7.92. The van der Waals surface area contributed by atoms with Crippen molar-refractivity contribution in [1.82, 2.24) is 14.6 Å². The van der Waals surface area contributed by atoms with Crippen LogP contribution in [0.3, 0.4) is 0 Å². The Morgan fingerprint density at radius 3 is 2.83 bits per heavy atom. The summed E-state index contributed by atoms with van der Waals surface area (Å²) in [6.45, 7) is 6.76. The molecule has 2 saturated carbocycles. The normalized spacial score (nSPS) is 27.3. The van der Waals surface area contributed by atoms with E-state index in [1.54, 1.807) is 0 Å². The topological polar surface area (TPSA) is 68.2 Å². The average Bonchev–Trinajstić information content (AvgIpc) is 2.97. The summed E-state index contributed by atoms with van der Waals surface area (Å²) in [4.78, 5) is 4.93. The zero-order valence-corrected chi connectivity index (χ0v) is 14.3. The third kappa shape index (κ3) is 2.61. The minimum absolute atomic E-state index is 0.327. The maximum Gasteiger partial charge on any atom is 0.160 e. The third-order valence-corrected chi connectivity index (χ3v) is 6.02. The van der Waals surface area contributed by atoms with Crippen molar-refractivity contribution in [1.29, 1.82) is 0 Å². The second-order valence-corrected chi connectivity index (χ2v) is 7.92. The van der Waals surface area contributed by atoms with Crippen molar-refractivity contribution in [2.75, 3.05) is 5.32 Å². The molecule has 2 aliphatic carbocycles. The van der Waals surface area contributed by atoms with Gasteiger partial charge in [0.15, 0.2) is 5.65 Å². The van der Waals surface area contributed by atoms with Gasteiger partial charge in [0, 0.05) is 35.3 Å². The highest BCUT2D eigenvalue weighted by molar-refractivity contribution is 5.54. The van der Waals surface area contributed by atoms with Gasteiger partial charge in [-0.05, 0) is 44.4 Å². The summed E-state index contributed by atoms with van der Waals surface area (Å²) in [5.74, 6) is 1.54. The van der Waals surface area contributed by atoms with Crippen LogP contribution in [0.1, 0.15) is 63.1 Å². The zero-order valence-electron chi connectivity index (χ0n) is 14.3. The molecule has 124 valence electrons. The summed E-state index contributed by atoms with van der Waals surface area (Å²) in [6.07, 6.45) is 7.78. The molecule has 3 N–H and O–H groups in total.